The molecule has 0 heterocycles. The number of nitrogens with zero attached hydrogens (tertiary/aromatic N) is 1. The third kappa shape index (κ3) is 3.71. The number of aliphatic hydroxyl groups is 1. The third-order valence-corrected chi connectivity index (χ3v) is 5.80. The molecule has 1 fully saturated rings. The molecule has 1 aliphatic carbocycles. The fraction of sp³-hybridized carbons (Fsp3) is 0.294. The summed E-state index contributed by atoms with van der Waals surface area (Å²) in [6.07, 6.45) is 1.65. The highest BCUT2D eigenvalue weighted by atomic mass is 32.2. The molecule has 0 spiro atoms. The predicted molar refractivity (Wildman–Crippen MR) is 91.3 cm³/mol. The van der Waals surface area contributed by atoms with E-state index in [1.165, 1.54) is 18.2 Å². The molecule has 2 N–H and O–H groups in total. The van der Waals surface area contributed by atoms with Gasteiger partial charge >= 0.3 is 0 Å². The lowest BCUT2D eigenvalue weighted by molar-refractivity contribution is -0.385. The molecule has 0 amide bonds. The second-order valence-corrected chi connectivity index (χ2v) is 7.91. The van der Waals surface area contributed by atoms with Crippen molar-refractivity contribution in [3.8, 4) is 0 Å². The van der Waals surface area contributed by atoms with Gasteiger partial charge in [0.05, 0.1) is 9.82 Å². The highest BCUT2D eigenvalue weighted by Crippen LogP contribution is 2.45. The summed E-state index contributed by atoms with van der Waals surface area (Å²) in [7, 11) is -3.98. The van der Waals surface area contributed by atoms with Crippen LogP contribution >= 0.6 is 0 Å². The number of rotatable bonds is 7. The molecule has 1 unspecified atom stereocenters. The van der Waals surface area contributed by atoms with E-state index < -0.39 is 20.5 Å². The summed E-state index contributed by atoms with van der Waals surface area (Å²) in [5.41, 5.74) is -0.947. The van der Waals surface area contributed by atoms with Gasteiger partial charge < -0.3 is 5.11 Å². The quantitative estimate of drug-likeness (QED) is 0.579. The summed E-state index contributed by atoms with van der Waals surface area (Å²) in [6.45, 7) is -0.188. The van der Waals surface area contributed by atoms with Crippen molar-refractivity contribution in [1.29, 1.82) is 0 Å². The summed E-state index contributed by atoms with van der Waals surface area (Å²) in [4.78, 5) is 9.98. The molecular weight excluding hydrogens is 344 g/mol. The highest BCUT2D eigenvalue weighted by Gasteiger charge is 2.45. The first-order valence-corrected chi connectivity index (χ1v) is 9.33. The molecule has 0 radical (unpaired) electrons. The van der Waals surface area contributed by atoms with E-state index in [4.69, 9.17) is 0 Å². The van der Waals surface area contributed by atoms with Crippen LogP contribution in [0.15, 0.2) is 59.5 Å². The zero-order valence-corrected chi connectivity index (χ0v) is 14.1. The van der Waals surface area contributed by atoms with Crippen LogP contribution in [0.1, 0.15) is 18.4 Å². The Balaban J connectivity index is 1.83. The molecule has 0 aromatic heterocycles. The second kappa shape index (κ2) is 6.55. The summed E-state index contributed by atoms with van der Waals surface area (Å²) < 4.78 is 27.4. The number of nitro benzene ring substituents is 1. The minimum absolute atomic E-state index is 0.0114. The van der Waals surface area contributed by atoms with Gasteiger partial charge in [-0.3, -0.25) is 10.1 Å². The Labute approximate surface area is 145 Å². The maximum Gasteiger partial charge on any atom is 0.270 e. The van der Waals surface area contributed by atoms with Crippen molar-refractivity contribution in [2.45, 2.75) is 23.3 Å². The van der Waals surface area contributed by atoms with Crippen molar-refractivity contribution in [3.05, 3.63) is 70.3 Å². The summed E-state index contributed by atoms with van der Waals surface area (Å²) in [5, 5.41) is 21.9. The molecule has 3 rings (SSSR count). The number of nitrogens with one attached hydrogen (secondary N) is 1. The van der Waals surface area contributed by atoms with Gasteiger partial charge in [0.15, 0.2) is 0 Å². The third-order valence-electron chi connectivity index (χ3n) is 4.40. The van der Waals surface area contributed by atoms with Crippen molar-refractivity contribution in [2.75, 3.05) is 6.54 Å². The van der Waals surface area contributed by atoms with Gasteiger partial charge in [-0.1, -0.05) is 36.4 Å². The molecule has 2 aromatic carbocycles. The molecular formula is C17H18N2O5S. The van der Waals surface area contributed by atoms with E-state index in [-0.39, 0.29) is 23.0 Å². The minimum atomic E-state index is -3.98. The molecule has 7 nitrogen and oxygen atoms in total. The molecule has 1 aliphatic rings. The van der Waals surface area contributed by atoms with E-state index in [2.05, 4.69) is 4.72 Å². The second-order valence-electron chi connectivity index (χ2n) is 6.14. The monoisotopic (exact) mass is 362 g/mol. The van der Waals surface area contributed by atoms with Crippen LogP contribution in [-0.4, -0.2) is 25.0 Å². The summed E-state index contributed by atoms with van der Waals surface area (Å²) in [6, 6.07) is 13.8. The average Bonchev–Trinajstić information content (AvgIpc) is 3.46. The zero-order chi connectivity index (χ0) is 18.1. The lowest BCUT2D eigenvalue weighted by Gasteiger charge is -2.29. The Kier molecular flexibility index (Phi) is 4.59. The maximum absolute atomic E-state index is 12.5. The molecule has 8 heteroatoms. The van der Waals surface area contributed by atoms with Gasteiger partial charge in [0.2, 0.25) is 10.0 Å². The van der Waals surface area contributed by atoms with Crippen LogP contribution in [-0.2, 0) is 15.6 Å². The summed E-state index contributed by atoms with van der Waals surface area (Å²) >= 11 is 0. The van der Waals surface area contributed by atoms with Crippen molar-refractivity contribution < 1.29 is 18.4 Å². The van der Waals surface area contributed by atoms with Crippen LogP contribution in [0.2, 0.25) is 0 Å². The van der Waals surface area contributed by atoms with Crippen LogP contribution in [0.3, 0.4) is 0 Å². The Morgan fingerprint density at radius 2 is 1.84 bits per heavy atom. The van der Waals surface area contributed by atoms with Crippen LogP contribution in [0.5, 0.6) is 0 Å². The molecule has 0 aliphatic heterocycles. The molecule has 0 saturated heterocycles. The van der Waals surface area contributed by atoms with Gasteiger partial charge in [0.1, 0.15) is 5.60 Å². The van der Waals surface area contributed by atoms with Crippen molar-refractivity contribution in [2.24, 2.45) is 5.92 Å². The lowest BCUT2D eigenvalue weighted by atomic mass is 9.89. The Morgan fingerprint density at radius 3 is 2.44 bits per heavy atom. The number of hydrogen-bond acceptors (Lipinski definition) is 5. The van der Waals surface area contributed by atoms with E-state index in [1.807, 2.05) is 6.07 Å². The maximum atomic E-state index is 12.5. The Bertz CT molecular complexity index is 881. The first kappa shape index (κ1) is 17.5. The standard InChI is InChI=1S/C17H18N2O5S/c20-17(14-9-10-14,13-5-2-1-3-6-13)12-18-25(23,24)16-8-4-7-15(11-16)19(21)22/h1-8,11,14,18,20H,9-10,12H2. The van der Waals surface area contributed by atoms with Gasteiger partial charge in [-0.25, -0.2) is 13.1 Å². The van der Waals surface area contributed by atoms with E-state index in [0.29, 0.717) is 5.56 Å². The zero-order valence-electron chi connectivity index (χ0n) is 13.3. The molecule has 1 saturated carbocycles. The van der Waals surface area contributed by atoms with Crippen molar-refractivity contribution >= 4 is 15.7 Å². The molecule has 1 atom stereocenters. The Morgan fingerprint density at radius 1 is 1.16 bits per heavy atom. The Hall–Kier alpha value is -2.29. The number of hydrogen-bond donors (Lipinski definition) is 2. The van der Waals surface area contributed by atoms with E-state index in [0.717, 1.165) is 18.9 Å². The van der Waals surface area contributed by atoms with Gasteiger partial charge in [0, 0.05) is 18.7 Å². The van der Waals surface area contributed by atoms with Gasteiger partial charge in [-0.2, -0.15) is 0 Å². The SMILES string of the molecule is O=[N+]([O-])c1cccc(S(=O)(=O)NCC(O)(c2ccccc2)C2CC2)c1. The molecule has 0 bridgehead atoms. The van der Waals surface area contributed by atoms with E-state index in [9.17, 15) is 23.6 Å². The van der Waals surface area contributed by atoms with E-state index >= 15 is 0 Å². The minimum Gasteiger partial charge on any atom is -0.383 e. The highest BCUT2D eigenvalue weighted by molar-refractivity contribution is 7.89. The van der Waals surface area contributed by atoms with Crippen LogP contribution < -0.4 is 4.72 Å². The number of benzene rings is 2. The fourth-order valence-corrected chi connectivity index (χ4v) is 3.93. The lowest BCUT2D eigenvalue weighted by Crippen LogP contribution is -2.42. The van der Waals surface area contributed by atoms with Crippen molar-refractivity contribution in [3.63, 3.8) is 0 Å². The normalized spacial score (nSPS) is 17.0. The first-order valence-electron chi connectivity index (χ1n) is 7.85. The van der Waals surface area contributed by atoms with Crippen LogP contribution in [0.4, 0.5) is 5.69 Å². The number of sulfonamides is 1. The fourth-order valence-electron chi connectivity index (χ4n) is 2.82. The summed E-state index contributed by atoms with van der Waals surface area (Å²) in [5.74, 6) is -0.0114. The van der Waals surface area contributed by atoms with Crippen LogP contribution in [0.25, 0.3) is 0 Å². The van der Waals surface area contributed by atoms with Gasteiger partial charge in [-0.05, 0) is 30.4 Å². The molecule has 132 valence electrons. The predicted octanol–water partition coefficient (Wildman–Crippen LogP) is 2.17. The van der Waals surface area contributed by atoms with Gasteiger partial charge in [-0.15, -0.1) is 0 Å². The average molecular weight is 362 g/mol. The smallest absolute Gasteiger partial charge is 0.270 e. The van der Waals surface area contributed by atoms with Crippen LogP contribution in [0, 0.1) is 16.0 Å². The topological polar surface area (TPSA) is 110 Å². The largest absolute Gasteiger partial charge is 0.383 e. The van der Waals surface area contributed by atoms with E-state index in [1.54, 1.807) is 24.3 Å². The number of nitro groups is 1. The first-order chi connectivity index (χ1) is 11.8. The molecule has 2 aromatic rings. The van der Waals surface area contributed by atoms with Gasteiger partial charge in [0.25, 0.3) is 5.69 Å². The molecule has 25 heavy (non-hydrogen) atoms. The van der Waals surface area contributed by atoms with Crippen molar-refractivity contribution in [1.82, 2.24) is 4.72 Å². The number of non-ortho nitro benzene ring substituents is 1.